The Balaban J connectivity index is 0.989. The van der Waals surface area contributed by atoms with Gasteiger partial charge in [-0.15, -0.1) is 6.58 Å². The Morgan fingerprint density at radius 3 is 1.29 bits per heavy atom. The van der Waals surface area contributed by atoms with Crippen LogP contribution in [-0.2, 0) is 72.0 Å². The van der Waals surface area contributed by atoms with Crippen LogP contribution in [0.25, 0.3) is 11.1 Å². The molecule has 7 aromatic rings. The summed E-state index contributed by atoms with van der Waals surface area (Å²) in [7, 11) is 0. The minimum atomic E-state index is -0.135. The van der Waals surface area contributed by atoms with Crippen LogP contribution in [0.1, 0.15) is 225 Å². The summed E-state index contributed by atoms with van der Waals surface area (Å²) in [4.78, 5) is 2.46. The van der Waals surface area contributed by atoms with Gasteiger partial charge in [0, 0.05) is 33.3 Å². The number of allylic oxidation sites excluding steroid dienone is 1. The van der Waals surface area contributed by atoms with E-state index in [-0.39, 0.29) is 27.1 Å². The van der Waals surface area contributed by atoms with Crippen molar-refractivity contribution in [3.05, 3.63) is 231 Å². The molecule has 3 aliphatic carbocycles. The molecule has 1 heteroatoms. The molecule has 0 saturated carbocycles. The van der Waals surface area contributed by atoms with Crippen LogP contribution < -0.4 is 4.90 Å². The SMILES string of the molecule is C=CCCCc1ccc(N(c2ccc(C(C)(C)CC)cc2)c2ccc(C(C)(CC)C(C)(CC)c3ccc4c(c3)C(CCCCCc3ccc5c(c3)CC5)(CCCCCc3ccc5c(c3)CC5)c3cc(C(C)(C)C)ccc3-4)cc2)cc1. The van der Waals surface area contributed by atoms with Crippen LogP contribution in [0, 0.1) is 0 Å². The fraction of sp³-hybridized carbons (Fsp3) is 0.443. The molecule has 2 atom stereocenters. The van der Waals surface area contributed by atoms with Crippen LogP contribution >= 0.6 is 0 Å². The Hall–Kier alpha value is -5.92. The Morgan fingerprint density at radius 2 is 0.838 bits per heavy atom. The second-order valence-corrected chi connectivity index (χ2v) is 27.1. The number of aryl methyl sites for hydroxylation is 7. The molecule has 0 radical (unpaired) electrons. The van der Waals surface area contributed by atoms with E-state index >= 15 is 0 Å². The quantitative estimate of drug-likeness (QED) is 0.0386. The van der Waals surface area contributed by atoms with Crippen molar-refractivity contribution in [3.8, 4) is 11.1 Å². The Bertz CT molecular complexity index is 3180. The Kier molecular flexibility index (Phi) is 17.1. The van der Waals surface area contributed by atoms with Crippen LogP contribution in [-0.4, -0.2) is 0 Å². The van der Waals surface area contributed by atoms with E-state index in [2.05, 4.69) is 226 Å². The van der Waals surface area contributed by atoms with Crippen molar-refractivity contribution in [1.82, 2.24) is 0 Å². The van der Waals surface area contributed by atoms with Gasteiger partial charge in [-0.3, -0.25) is 0 Å². The molecule has 0 aliphatic heterocycles. The molecule has 0 N–H and O–H groups in total. The third-order valence-corrected chi connectivity index (χ3v) is 21.1. The largest absolute Gasteiger partial charge is 0.311 e. The number of anilines is 3. The van der Waals surface area contributed by atoms with Crippen LogP contribution in [0.5, 0.6) is 0 Å². The van der Waals surface area contributed by atoms with E-state index in [0.717, 1.165) is 38.5 Å². The zero-order chi connectivity index (χ0) is 56.3. The average molecular weight is 1060 g/mol. The third kappa shape index (κ3) is 11.4. The molecule has 0 spiro atoms. The highest BCUT2D eigenvalue weighted by Crippen LogP contribution is 2.58. The van der Waals surface area contributed by atoms with Crippen molar-refractivity contribution in [3.63, 3.8) is 0 Å². The number of unbranched alkanes of at least 4 members (excludes halogenated alkanes) is 5. The lowest BCUT2D eigenvalue weighted by Gasteiger charge is -2.48. The lowest BCUT2D eigenvalue weighted by molar-refractivity contribution is 0.234. The number of nitrogens with zero attached hydrogens (tertiary/aromatic N) is 1. The van der Waals surface area contributed by atoms with E-state index in [9.17, 15) is 0 Å². The van der Waals surface area contributed by atoms with Gasteiger partial charge < -0.3 is 4.90 Å². The summed E-state index contributed by atoms with van der Waals surface area (Å²) in [5, 5.41) is 0. The van der Waals surface area contributed by atoms with Gasteiger partial charge in [-0.1, -0.05) is 210 Å². The second-order valence-electron chi connectivity index (χ2n) is 27.1. The monoisotopic (exact) mass is 1060 g/mol. The third-order valence-electron chi connectivity index (χ3n) is 21.1. The molecule has 7 aromatic carbocycles. The van der Waals surface area contributed by atoms with Crippen molar-refractivity contribution in [1.29, 1.82) is 0 Å². The summed E-state index contributed by atoms with van der Waals surface area (Å²) < 4.78 is 0. The average Bonchev–Trinajstić information content (AvgIpc) is 3.98. The second kappa shape index (κ2) is 23.9. The van der Waals surface area contributed by atoms with Gasteiger partial charge in [-0.05, 0) is 233 Å². The molecule has 10 rings (SSSR count). The predicted molar refractivity (Wildman–Crippen MR) is 346 cm³/mol. The fourth-order valence-electron chi connectivity index (χ4n) is 14.4. The van der Waals surface area contributed by atoms with Gasteiger partial charge in [0.1, 0.15) is 0 Å². The molecule has 0 saturated heterocycles. The van der Waals surface area contributed by atoms with E-state index in [1.54, 1.807) is 33.4 Å². The van der Waals surface area contributed by atoms with E-state index in [1.165, 1.54) is 157 Å². The molecular weight excluding hydrogens is 963 g/mol. The molecular formula is C79H97N. The first kappa shape index (κ1) is 57.3. The van der Waals surface area contributed by atoms with E-state index < -0.39 is 0 Å². The van der Waals surface area contributed by atoms with Crippen molar-refractivity contribution >= 4 is 17.1 Å². The lowest BCUT2D eigenvalue weighted by atomic mass is 9.56. The summed E-state index contributed by atoms with van der Waals surface area (Å²) in [6.45, 7) is 28.3. The van der Waals surface area contributed by atoms with Crippen molar-refractivity contribution in [2.45, 2.75) is 225 Å². The van der Waals surface area contributed by atoms with Gasteiger partial charge in [0.05, 0.1) is 0 Å². The van der Waals surface area contributed by atoms with E-state index in [0.29, 0.717) is 0 Å². The maximum atomic E-state index is 3.96. The summed E-state index contributed by atoms with van der Waals surface area (Å²) in [5.74, 6) is 0. The van der Waals surface area contributed by atoms with Crippen LogP contribution in [0.3, 0.4) is 0 Å². The van der Waals surface area contributed by atoms with E-state index in [4.69, 9.17) is 0 Å². The minimum absolute atomic E-state index is 0.0378. The number of hydrogen-bond acceptors (Lipinski definition) is 1. The maximum Gasteiger partial charge on any atom is 0.0461 e. The van der Waals surface area contributed by atoms with Crippen molar-refractivity contribution in [2.24, 2.45) is 0 Å². The maximum absolute atomic E-state index is 3.96. The molecule has 3 aliphatic rings. The molecule has 2 unspecified atom stereocenters. The first-order chi connectivity index (χ1) is 38.5. The number of hydrogen-bond donors (Lipinski definition) is 0. The molecule has 0 fully saturated rings. The van der Waals surface area contributed by atoms with Crippen molar-refractivity contribution < 1.29 is 0 Å². The van der Waals surface area contributed by atoms with E-state index in [1.807, 2.05) is 6.08 Å². The van der Waals surface area contributed by atoms with Gasteiger partial charge >= 0.3 is 0 Å². The molecule has 1 nitrogen and oxygen atoms in total. The number of rotatable bonds is 26. The highest BCUT2D eigenvalue weighted by Gasteiger charge is 2.48. The minimum Gasteiger partial charge on any atom is -0.311 e. The normalized spacial score (nSPS) is 15.6. The number of fused-ring (bicyclic) bond motifs is 5. The molecule has 0 aromatic heterocycles. The molecule has 0 bridgehead atoms. The highest BCUT2D eigenvalue weighted by atomic mass is 15.1. The lowest BCUT2D eigenvalue weighted by Crippen LogP contribution is -2.44. The summed E-state index contributed by atoms with van der Waals surface area (Å²) in [5.41, 5.74) is 26.1. The topological polar surface area (TPSA) is 3.24 Å². The smallest absolute Gasteiger partial charge is 0.0461 e. The highest BCUT2D eigenvalue weighted by molar-refractivity contribution is 5.82. The standard InChI is InChI=1S/C79H97N/c1-12-16-19-24-57-29-43-68(44-30-57)80(69-45-37-64(38-46-69)76(8,9)13-2)70-47-39-65(40-48-70)77(10,14-3)78(11,15-4)67-42-50-72-71-49-41-66(75(5,6)7)55-73(71)79(74(72)56-67,51-22-17-20-25-58-27-31-60-33-35-62(60)53-58)52-23-18-21-26-59-28-32-61-34-36-63(61)54-59/h12,27-32,37-50,53-56H,1,13-26,33-36,51-52H2,2-11H3. The number of benzene rings is 7. The van der Waals surface area contributed by atoms with Crippen LogP contribution in [0.4, 0.5) is 17.1 Å². The van der Waals surface area contributed by atoms with Crippen molar-refractivity contribution in [2.75, 3.05) is 4.90 Å². The zero-order valence-electron chi connectivity index (χ0n) is 51.2. The first-order valence-electron chi connectivity index (χ1n) is 31.8. The van der Waals surface area contributed by atoms with Gasteiger partial charge in [0.15, 0.2) is 0 Å². The van der Waals surface area contributed by atoms with Crippen LogP contribution in [0.15, 0.2) is 158 Å². The van der Waals surface area contributed by atoms with Crippen LogP contribution in [0.2, 0.25) is 0 Å². The molecule has 80 heavy (non-hydrogen) atoms. The first-order valence-corrected chi connectivity index (χ1v) is 31.8. The van der Waals surface area contributed by atoms with Gasteiger partial charge in [0.2, 0.25) is 0 Å². The zero-order valence-corrected chi connectivity index (χ0v) is 51.2. The fourth-order valence-corrected chi connectivity index (χ4v) is 14.4. The van der Waals surface area contributed by atoms with Gasteiger partial charge in [0.25, 0.3) is 0 Å². The Labute approximate surface area is 485 Å². The van der Waals surface area contributed by atoms with Gasteiger partial charge in [-0.2, -0.15) is 0 Å². The predicted octanol–water partition coefficient (Wildman–Crippen LogP) is 21.8. The molecule has 0 heterocycles. The summed E-state index contributed by atoms with van der Waals surface area (Å²) >= 11 is 0. The molecule has 0 amide bonds. The van der Waals surface area contributed by atoms with Gasteiger partial charge in [-0.25, -0.2) is 0 Å². The summed E-state index contributed by atoms with van der Waals surface area (Å²) in [6, 6.07) is 58.6. The summed E-state index contributed by atoms with van der Waals surface area (Å²) in [6.07, 6.45) is 25.8. The Morgan fingerprint density at radius 1 is 0.412 bits per heavy atom. The molecule has 418 valence electrons.